The molecular formula is C16H12N2O2. The molecule has 4 heteroatoms. The molecule has 0 saturated heterocycles. The molecule has 0 atom stereocenters. The third-order valence-corrected chi connectivity index (χ3v) is 2.53. The lowest BCUT2D eigenvalue weighted by atomic mass is 10.1. The van der Waals surface area contributed by atoms with Gasteiger partial charge in [0.2, 0.25) is 0 Å². The molecule has 0 radical (unpaired) electrons. The van der Waals surface area contributed by atoms with E-state index in [4.69, 9.17) is 5.73 Å². The Morgan fingerprint density at radius 1 is 0.950 bits per heavy atom. The van der Waals surface area contributed by atoms with Crippen LogP contribution in [0.15, 0.2) is 54.6 Å². The highest BCUT2D eigenvalue weighted by Gasteiger charge is 2.08. The zero-order valence-corrected chi connectivity index (χ0v) is 10.6. The van der Waals surface area contributed by atoms with Gasteiger partial charge in [0.05, 0.1) is 11.3 Å². The molecule has 0 fully saturated rings. The number of para-hydroxylation sites is 1. The van der Waals surface area contributed by atoms with E-state index in [0.717, 1.165) is 5.56 Å². The van der Waals surface area contributed by atoms with Crippen LogP contribution in [0.3, 0.4) is 0 Å². The van der Waals surface area contributed by atoms with Crippen molar-refractivity contribution in [3.8, 4) is 11.8 Å². The molecule has 2 amide bonds. The molecule has 2 rings (SSSR count). The Bertz CT molecular complexity index is 697. The molecule has 2 aromatic rings. The van der Waals surface area contributed by atoms with Gasteiger partial charge in [0, 0.05) is 11.5 Å². The quantitative estimate of drug-likeness (QED) is 0.811. The zero-order chi connectivity index (χ0) is 14.4. The number of benzene rings is 2. The van der Waals surface area contributed by atoms with E-state index in [9.17, 15) is 9.59 Å². The molecule has 0 spiro atoms. The second-order valence-electron chi connectivity index (χ2n) is 3.98. The van der Waals surface area contributed by atoms with E-state index in [1.807, 2.05) is 18.2 Å². The molecule has 0 aromatic heterocycles. The molecule has 2 aromatic carbocycles. The molecule has 0 heterocycles. The van der Waals surface area contributed by atoms with Crippen LogP contribution in [0.5, 0.6) is 0 Å². The predicted octanol–water partition coefficient (Wildman–Crippen LogP) is 1.78. The minimum Gasteiger partial charge on any atom is -0.366 e. The summed E-state index contributed by atoms with van der Waals surface area (Å²) >= 11 is 0. The summed E-state index contributed by atoms with van der Waals surface area (Å²) in [5.41, 5.74) is 6.58. The van der Waals surface area contributed by atoms with Crippen LogP contribution in [0.1, 0.15) is 15.9 Å². The first kappa shape index (κ1) is 13.4. The van der Waals surface area contributed by atoms with Gasteiger partial charge in [-0.1, -0.05) is 36.3 Å². The second kappa shape index (κ2) is 6.21. The first-order valence-corrected chi connectivity index (χ1v) is 5.93. The number of hydrogen-bond acceptors (Lipinski definition) is 2. The molecule has 0 saturated carbocycles. The van der Waals surface area contributed by atoms with E-state index in [1.165, 1.54) is 0 Å². The average Bonchev–Trinajstić information content (AvgIpc) is 2.46. The number of anilines is 1. The van der Waals surface area contributed by atoms with E-state index in [-0.39, 0.29) is 5.56 Å². The molecule has 0 aliphatic heterocycles. The maximum Gasteiger partial charge on any atom is 0.300 e. The summed E-state index contributed by atoms with van der Waals surface area (Å²) in [6, 6.07) is 15.7. The molecule has 4 nitrogen and oxygen atoms in total. The van der Waals surface area contributed by atoms with Crippen LogP contribution < -0.4 is 11.1 Å². The summed E-state index contributed by atoms with van der Waals surface area (Å²) in [6.07, 6.45) is 0. The van der Waals surface area contributed by atoms with Crippen molar-refractivity contribution in [3.63, 3.8) is 0 Å². The van der Waals surface area contributed by atoms with Gasteiger partial charge in [-0.15, -0.1) is 0 Å². The lowest BCUT2D eigenvalue weighted by molar-refractivity contribution is -0.111. The summed E-state index contributed by atoms with van der Waals surface area (Å²) in [4.78, 5) is 22.9. The van der Waals surface area contributed by atoms with Gasteiger partial charge in [-0.05, 0) is 24.3 Å². The predicted molar refractivity (Wildman–Crippen MR) is 76.9 cm³/mol. The normalized spacial score (nSPS) is 9.20. The molecule has 20 heavy (non-hydrogen) atoms. The number of carbonyl (C=O) groups excluding carboxylic acids is 2. The minimum atomic E-state index is -0.600. The smallest absolute Gasteiger partial charge is 0.300 e. The number of nitrogens with one attached hydrogen (secondary N) is 1. The van der Waals surface area contributed by atoms with Gasteiger partial charge in [0.1, 0.15) is 0 Å². The highest BCUT2D eigenvalue weighted by Crippen LogP contribution is 2.13. The van der Waals surface area contributed by atoms with E-state index in [1.54, 1.807) is 36.4 Å². The number of amides is 2. The van der Waals surface area contributed by atoms with E-state index in [2.05, 4.69) is 17.2 Å². The fourth-order valence-electron chi connectivity index (χ4n) is 1.61. The SMILES string of the molecule is NC(=O)c1ccccc1NC(=O)C#Cc1ccccc1. The van der Waals surface area contributed by atoms with Crippen LogP contribution >= 0.6 is 0 Å². The average molecular weight is 264 g/mol. The van der Waals surface area contributed by atoms with Crippen LogP contribution in [-0.4, -0.2) is 11.8 Å². The van der Waals surface area contributed by atoms with Crippen molar-refractivity contribution in [1.82, 2.24) is 0 Å². The highest BCUT2D eigenvalue weighted by atomic mass is 16.2. The first-order chi connectivity index (χ1) is 9.66. The van der Waals surface area contributed by atoms with E-state index >= 15 is 0 Å². The number of rotatable bonds is 2. The Morgan fingerprint density at radius 3 is 2.30 bits per heavy atom. The van der Waals surface area contributed by atoms with E-state index in [0.29, 0.717) is 5.69 Å². The first-order valence-electron chi connectivity index (χ1n) is 5.93. The van der Waals surface area contributed by atoms with Crippen molar-refractivity contribution < 1.29 is 9.59 Å². The molecule has 98 valence electrons. The summed E-state index contributed by atoms with van der Waals surface area (Å²) in [6.45, 7) is 0. The number of hydrogen-bond donors (Lipinski definition) is 2. The molecule has 0 aliphatic rings. The summed E-state index contributed by atoms with van der Waals surface area (Å²) in [5, 5.41) is 2.55. The summed E-state index contributed by atoms with van der Waals surface area (Å²) < 4.78 is 0. The number of nitrogens with two attached hydrogens (primary N) is 1. The Hall–Kier alpha value is -3.06. The molecule has 0 unspecified atom stereocenters. The Morgan fingerprint density at radius 2 is 1.60 bits per heavy atom. The van der Waals surface area contributed by atoms with Gasteiger partial charge in [-0.25, -0.2) is 0 Å². The van der Waals surface area contributed by atoms with Crippen LogP contribution in [0.2, 0.25) is 0 Å². The molecule has 3 N–H and O–H groups in total. The maximum atomic E-state index is 11.7. The fraction of sp³-hybridized carbons (Fsp3) is 0. The fourth-order valence-corrected chi connectivity index (χ4v) is 1.61. The van der Waals surface area contributed by atoms with Gasteiger partial charge in [-0.3, -0.25) is 9.59 Å². The van der Waals surface area contributed by atoms with Crippen LogP contribution in [0.25, 0.3) is 0 Å². The third-order valence-electron chi connectivity index (χ3n) is 2.53. The Balaban J connectivity index is 2.14. The van der Waals surface area contributed by atoms with Crippen LogP contribution in [-0.2, 0) is 4.79 Å². The Kier molecular flexibility index (Phi) is 4.15. The zero-order valence-electron chi connectivity index (χ0n) is 10.6. The van der Waals surface area contributed by atoms with Gasteiger partial charge >= 0.3 is 5.91 Å². The van der Waals surface area contributed by atoms with Crippen LogP contribution in [0, 0.1) is 11.8 Å². The van der Waals surface area contributed by atoms with Gasteiger partial charge < -0.3 is 11.1 Å². The lowest BCUT2D eigenvalue weighted by Crippen LogP contribution is -2.17. The van der Waals surface area contributed by atoms with Crippen molar-refractivity contribution in [3.05, 3.63) is 65.7 Å². The summed E-state index contributed by atoms with van der Waals surface area (Å²) in [5.74, 6) is 4.10. The summed E-state index contributed by atoms with van der Waals surface area (Å²) in [7, 11) is 0. The monoisotopic (exact) mass is 264 g/mol. The molecular weight excluding hydrogens is 252 g/mol. The third kappa shape index (κ3) is 3.47. The Labute approximate surface area is 116 Å². The maximum absolute atomic E-state index is 11.7. The second-order valence-corrected chi connectivity index (χ2v) is 3.98. The van der Waals surface area contributed by atoms with Gasteiger partial charge in [0.25, 0.3) is 5.91 Å². The van der Waals surface area contributed by atoms with Crippen molar-refractivity contribution in [2.24, 2.45) is 5.73 Å². The minimum absolute atomic E-state index is 0.252. The molecule has 0 bridgehead atoms. The highest BCUT2D eigenvalue weighted by molar-refractivity contribution is 6.08. The van der Waals surface area contributed by atoms with Crippen molar-refractivity contribution >= 4 is 17.5 Å². The van der Waals surface area contributed by atoms with Crippen molar-refractivity contribution in [1.29, 1.82) is 0 Å². The van der Waals surface area contributed by atoms with Crippen molar-refractivity contribution in [2.75, 3.05) is 5.32 Å². The topological polar surface area (TPSA) is 72.2 Å². The van der Waals surface area contributed by atoms with Gasteiger partial charge in [-0.2, -0.15) is 0 Å². The largest absolute Gasteiger partial charge is 0.366 e. The van der Waals surface area contributed by atoms with Crippen molar-refractivity contribution in [2.45, 2.75) is 0 Å². The van der Waals surface area contributed by atoms with E-state index < -0.39 is 11.8 Å². The number of carbonyl (C=O) groups is 2. The van der Waals surface area contributed by atoms with Crippen LogP contribution in [0.4, 0.5) is 5.69 Å². The van der Waals surface area contributed by atoms with Gasteiger partial charge in [0.15, 0.2) is 0 Å². The standard InChI is InChI=1S/C16H12N2O2/c17-16(20)13-8-4-5-9-14(13)18-15(19)11-10-12-6-2-1-3-7-12/h1-9H,(H2,17,20)(H,18,19). The number of primary amides is 1. The lowest BCUT2D eigenvalue weighted by Gasteiger charge is -2.05. The molecule has 0 aliphatic carbocycles.